The van der Waals surface area contributed by atoms with Crippen LogP contribution in [-0.4, -0.2) is 14.7 Å². The van der Waals surface area contributed by atoms with Crippen LogP contribution in [0.15, 0.2) is 41.7 Å². The number of nitrogens with zero attached hydrogens (tertiary/aromatic N) is 2. The highest BCUT2D eigenvalue weighted by molar-refractivity contribution is 7.98. The van der Waals surface area contributed by atoms with E-state index in [4.69, 9.17) is 5.11 Å². The van der Waals surface area contributed by atoms with E-state index < -0.39 is 0 Å². The zero-order chi connectivity index (χ0) is 13.0. The lowest BCUT2D eigenvalue weighted by molar-refractivity contribution is 0.281. The Hall–Kier alpha value is -1.26. The number of thioether (sulfide) groups is 1. The molecule has 0 saturated heterocycles. The van der Waals surface area contributed by atoms with Crippen molar-refractivity contribution in [1.29, 1.82) is 0 Å². The number of hydrogen-bond acceptors (Lipinski definition) is 3. The highest BCUT2D eigenvalue weighted by Crippen LogP contribution is 2.24. The van der Waals surface area contributed by atoms with Gasteiger partial charge < -0.3 is 9.67 Å². The Balaban J connectivity index is 2.04. The number of aliphatic hydroxyl groups is 1. The van der Waals surface area contributed by atoms with Crippen molar-refractivity contribution < 1.29 is 5.11 Å². The molecule has 0 atom stereocenters. The molecular weight excluding hydrogens is 244 g/mol. The number of aromatic nitrogens is 2. The van der Waals surface area contributed by atoms with Crippen molar-refractivity contribution >= 4 is 11.8 Å². The Labute approximate surface area is 112 Å². The lowest BCUT2D eigenvalue weighted by atomic mass is 10.2. The Morgan fingerprint density at radius 3 is 2.94 bits per heavy atom. The zero-order valence-corrected chi connectivity index (χ0v) is 11.5. The van der Waals surface area contributed by atoms with Gasteiger partial charge in [0.2, 0.25) is 0 Å². The summed E-state index contributed by atoms with van der Waals surface area (Å²) < 4.78 is 2.18. The Morgan fingerprint density at radius 1 is 1.39 bits per heavy atom. The van der Waals surface area contributed by atoms with E-state index in [2.05, 4.69) is 29.5 Å². The standard InChI is InChI=1S/C14H18N2OS/c1-11(2)16-10-15-7-13(16)9-18-14-5-3-4-12(6-14)8-17/h3-7,10-11,17H,8-9H2,1-2H3. The number of aliphatic hydroxyl groups excluding tert-OH is 1. The third kappa shape index (κ3) is 3.15. The molecule has 1 heterocycles. The topological polar surface area (TPSA) is 38.0 Å². The maximum Gasteiger partial charge on any atom is 0.0950 e. The maximum atomic E-state index is 9.11. The molecule has 0 bridgehead atoms. The first kappa shape index (κ1) is 13.2. The fourth-order valence-corrected chi connectivity index (χ4v) is 2.75. The van der Waals surface area contributed by atoms with Crippen LogP contribution in [0.5, 0.6) is 0 Å². The number of hydrogen-bond donors (Lipinski definition) is 1. The van der Waals surface area contributed by atoms with E-state index in [1.165, 1.54) is 10.6 Å². The van der Waals surface area contributed by atoms with Crippen molar-refractivity contribution in [1.82, 2.24) is 9.55 Å². The molecule has 0 fully saturated rings. The molecule has 0 unspecified atom stereocenters. The van der Waals surface area contributed by atoms with Crippen LogP contribution in [0, 0.1) is 0 Å². The summed E-state index contributed by atoms with van der Waals surface area (Å²) in [6, 6.07) is 8.45. The molecule has 1 N–H and O–H groups in total. The molecule has 3 nitrogen and oxygen atoms in total. The maximum absolute atomic E-state index is 9.11. The highest BCUT2D eigenvalue weighted by Gasteiger charge is 2.06. The first-order valence-corrected chi connectivity index (χ1v) is 7.02. The van der Waals surface area contributed by atoms with Crippen LogP contribution in [0.3, 0.4) is 0 Å². The Kier molecular flexibility index (Phi) is 4.44. The molecule has 0 amide bonds. The molecule has 0 spiro atoms. The summed E-state index contributed by atoms with van der Waals surface area (Å²) in [5, 5.41) is 9.11. The van der Waals surface area contributed by atoms with Crippen molar-refractivity contribution in [3.63, 3.8) is 0 Å². The van der Waals surface area contributed by atoms with Crippen LogP contribution in [0.4, 0.5) is 0 Å². The van der Waals surface area contributed by atoms with E-state index >= 15 is 0 Å². The van der Waals surface area contributed by atoms with Crippen molar-refractivity contribution in [2.75, 3.05) is 0 Å². The Morgan fingerprint density at radius 2 is 2.22 bits per heavy atom. The van der Waals surface area contributed by atoms with Crippen molar-refractivity contribution in [3.8, 4) is 0 Å². The first-order valence-electron chi connectivity index (χ1n) is 6.04. The molecule has 1 aromatic heterocycles. The number of imidazole rings is 1. The smallest absolute Gasteiger partial charge is 0.0950 e. The van der Waals surface area contributed by atoms with Crippen LogP contribution in [-0.2, 0) is 12.4 Å². The molecular formula is C14H18N2OS. The van der Waals surface area contributed by atoms with Gasteiger partial charge in [-0.1, -0.05) is 12.1 Å². The minimum atomic E-state index is 0.0956. The van der Waals surface area contributed by atoms with Crippen LogP contribution >= 0.6 is 11.8 Å². The quantitative estimate of drug-likeness (QED) is 0.841. The molecule has 2 aromatic rings. The molecule has 0 aliphatic carbocycles. The summed E-state index contributed by atoms with van der Waals surface area (Å²) >= 11 is 1.77. The third-order valence-electron chi connectivity index (χ3n) is 2.77. The summed E-state index contributed by atoms with van der Waals surface area (Å²) in [6.45, 7) is 4.41. The molecule has 4 heteroatoms. The largest absolute Gasteiger partial charge is 0.392 e. The average Bonchev–Trinajstić information content (AvgIpc) is 2.85. The Bertz CT molecular complexity index is 508. The molecule has 0 radical (unpaired) electrons. The molecule has 1 aromatic carbocycles. The van der Waals surface area contributed by atoms with Crippen molar-refractivity contribution in [3.05, 3.63) is 48.0 Å². The SMILES string of the molecule is CC(C)n1cncc1CSc1cccc(CO)c1. The minimum Gasteiger partial charge on any atom is -0.392 e. The fraction of sp³-hybridized carbons (Fsp3) is 0.357. The summed E-state index contributed by atoms with van der Waals surface area (Å²) in [4.78, 5) is 5.38. The molecule has 0 aliphatic rings. The molecule has 0 aliphatic heterocycles. The van der Waals surface area contributed by atoms with Crippen LogP contribution in [0.1, 0.15) is 31.1 Å². The van der Waals surface area contributed by atoms with E-state index in [0.717, 1.165) is 11.3 Å². The van der Waals surface area contributed by atoms with Crippen LogP contribution in [0.25, 0.3) is 0 Å². The van der Waals surface area contributed by atoms with Gasteiger partial charge in [0.15, 0.2) is 0 Å². The van der Waals surface area contributed by atoms with Crippen LogP contribution < -0.4 is 0 Å². The molecule has 18 heavy (non-hydrogen) atoms. The van der Waals surface area contributed by atoms with Gasteiger partial charge in [0, 0.05) is 28.6 Å². The van der Waals surface area contributed by atoms with E-state index in [0.29, 0.717) is 6.04 Å². The highest BCUT2D eigenvalue weighted by atomic mass is 32.2. The fourth-order valence-electron chi connectivity index (χ4n) is 1.80. The van der Waals surface area contributed by atoms with E-state index in [1.807, 2.05) is 30.7 Å². The third-order valence-corrected chi connectivity index (χ3v) is 3.80. The normalized spacial score (nSPS) is 11.1. The first-order chi connectivity index (χ1) is 8.70. The molecule has 2 rings (SSSR count). The average molecular weight is 262 g/mol. The molecule has 0 saturated carbocycles. The van der Waals surface area contributed by atoms with E-state index in [-0.39, 0.29) is 6.61 Å². The van der Waals surface area contributed by atoms with E-state index in [9.17, 15) is 0 Å². The lowest BCUT2D eigenvalue weighted by Crippen LogP contribution is -2.02. The monoisotopic (exact) mass is 262 g/mol. The van der Waals surface area contributed by atoms with Gasteiger partial charge in [-0.05, 0) is 31.5 Å². The van der Waals surface area contributed by atoms with Gasteiger partial charge >= 0.3 is 0 Å². The zero-order valence-electron chi connectivity index (χ0n) is 10.7. The van der Waals surface area contributed by atoms with Crippen LogP contribution in [0.2, 0.25) is 0 Å². The van der Waals surface area contributed by atoms with Gasteiger partial charge in [0.1, 0.15) is 0 Å². The lowest BCUT2D eigenvalue weighted by Gasteiger charge is -2.11. The molecule has 96 valence electrons. The second-order valence-corrected chi connectivity index (χ2v) is 5.53. The summed E-state index contributed by atoms with van der Waals surface area (Å²) in [7, 11) is 0. The number of rotatable bonds is 5. The van der Waals surface area contributed by atoms with Gasteiger partial charge in [-0.2, -0.15) is 0 Å². The van der Waals surface area contributed by atoms with Gasteiger partial charge in [0.05, 0.1) is 12.9 Å². The number of benzene rings is 1. The summed E-state index contributed by atoms with van der Waals surface area (Å²) in [6.07, 6.45) is 3.80. The van der Waals surface area contributed by atoms with Gasteiger partial charge in [0.25, 0.3) is 0 Å². The van der Waals surface area contributed by atoms with Gasteiger partial charge in [-0.3, -0.25) is 0 Å². The van der Waals surface area contributed by atoms with E-state index in [1.54, 1.807) is 11.8 Å². The van der Waals surface area contributed by atoms with Gasteiger partial charge in [-0.15, -0.1) is 11.8 Å². The van der Waals surface area contributed by atoms with Crippen molar-refractivity contribution in [2.24, 2.45) is 0 Å². The minimum absolute atomic E-state index is 0.0956. The predicted molar refractivity (Wildman–Crippen MR) is 74.5 cm³/mol. The summed E-state index contributed by atoms with van der Waals surface area (Å²) in [5.74, 6) is 0.896. The van der Waals surface area contributed by atoms with Crippen molar-refractivity contribution in [2.45, 2.75) is 37.1 Å². The predicted octanol–water partition coefficient (Wildman–Crippen LogP) is 3.25. The second-order valence-electron chi connectivity index (χ2n) is 4.48. The second kappa shape index (κ2) is 6.07. The van der Waals surface area contributed by atoms with Gasteiger partial charge in [-0.25, -0.2) is 4.98 Å². The summed E-state index contributed by atoms with van der Waals surface area (Å²) in [5.41, 5.74) is 2.18.